The van der Waals surface area contributed by atoms with E-state index in [1.165, 1.54) is 10.8 Å². The normalized spacial score (nSPS) is 19.2. The molecule has 0 atom stereocenters. The van der Waals surface area contributed by atoms with Gasteiger partial charge in [0.25, 0.3) is 5.56 Å². The van der Waals surface area contributed by atoms with Crippen LogP contribution in [0.5, 0.6) is 0 Å². The lowest BCUT2D eigenvalue weighted by Gasteiger charge is -2.27. The van der Waals surface area contributed by atoms with Crippen LogP contribution in [0.15, 0.2) is 11.0 Å². The molecule has 8 heteroatoms. The lowest BCUT2D eigenvalue weighted by molar-refractivity contribution is 0.586. The molecule has 1 fully saturated rings. The van der Waals surface area contributed by atoms with Gasteiger partial charge in [-0.25, -0.2) is 13.4 Å². The number of aryl methyl sites for hydroxylation is 1. The minimum absolute atomic E-state index is 0.0482. The highest BCUT2D eigenvalue weighted by molar-refractivity contribution is 7.91. The fourth-order valence-electron chi connectivity index (χ4n) is 1.74. The quantitative estimate of drug-likeness (QED) is 0.531. The van der Waals surface area contributed by atoms with Gasteiger partial charge in [-0.1, -0.05) is 0 Å². The van der Waals surface area contributed by atoms with E-state index in [9.17, 15) is 13.2 Å². The maximum Gasteiger partial charge on any atom is 0.293 e. The molecule has 0 amide bonds. The van der Waals surface area contributed by atoms with Crippen molar-refractivity contribution in [2.45, 2.75) is 0 Å². The highest BCUT2D eigenvalue weighted by Gasteiger charge is 2.24. The van der Waals surface area contributed by atoms with Crippen LogP contribution in [0, 0.1) is 0 Å². The van der Waals surface area contributed by atoms with Crippen molar-refractivity contribution in [1.29, 1.82) is 0 Å². The van der Waals surface area contributed by atoms with Crippen molar-refractivity contribution in [3.8, 4) is 0 Å². The van der Waals surface area contributed by atoms with E-state index in [1.54, 1.807) is 11.9 Å². The van der Waals surface area contributed by atoms with Crippen LogP contribution in [0.3, 0.4) is 0 Å². The number of sulfone groups is 1. The zero-order valence-corrected chi connectivity index (χ0v) is 10.3. The number of rotatable bonds is 1. The molecular weight excluding hydrogens is 241 g/mol. The topological polar surface area (TPSA) is 72.3 Å². The number of anilines is 1. The van der Waals surface area contributed by atoms with Gasteiger partial charge in [-0.3, -0.25) is 4.79 Å². The molecule has 2 heterocycles. The van der Waals surface area contributed by atoms with Crippen molar-refractivity contribution in [3.63, 3.8) is 0 Å². The van der Waals surface area contributed by atoms with Gasteiger partial charge in [0.15, 0.2) is 15.7 Å². The van der Waals surface area contributed by atoms with E-state index in [0.29, 0.717) is 0 Å². The maximum atomic E-state index is 11.8. The number of nitrogens with zero attached hydrogens (tertiary/aromatic N) is 3. The summed E-state index contributed by atoms with van der Waals surface area (Å²) in [4.78, 5) is 17.5. The van der Waals surface area contributed by atoms with Crippen LogP contribution in [0.4, 0.5) is 5.82 Å². The molecule has 0 spiro atoms. The van der Waals surface area contributed by atoms with Gasteiger partial charge in [-0.05, 0) is 0 Å². The average molecular weight is 253 g/mol. The molecule has 2 rings (SSSR count). The molecule has 2 radical (unpaired) electrons. The van der Waals surface area contributed by atoms with E-state index >= 15 is 0 Å². The van der Waals surface area contributed by atoms with E-state index in [1.807, 2.05) is 0 Å². The number of aromatic nitrogens is 2. The first kappa shape index (κ1) is 12.2. The third-order valence-corrected chi connectivity index (χ3v) is 4.33. The van der Waals surface area contributed by atoms with Crippen LogP contribution in [0.2, 0.25) is 0 Å². The molecule has 1 saturated heterocycles. The minimum atomic E-state index is -2.97. The Morgan fingerprint density at radius 2 is 1.94 bits per heavy atom. The largest absolute Gasteiger partial charge is 0.350 e. The molecule has 0 aliphatic carbocycles. The van der Waals surface area contributed by atoms with Gasteiger partial charge in [0.2, 0.25) is 0 Å². The number of hydrogen-bond acceptors (Lipinski definition) is 5. The van der Waals surface area contributed by atoms with E-state index in [-0.39, 0.29) is 41.6 Å². The van der Waals surface area contributed by atoms with Gasteiger partial charge in [-0.15, -0.1) is 0 Å². The summed E-state index contributed by atoms with van der Waals surface area (Å²) in [6, 6.07) is 0. The highest BCUT2D eigenvalue weighted by atomic mass is 32.2. The molecule has 0 saturated carbocycles. The Morgan fingerprint density at radius 3 is 2.53 bits per heavy atom. The predicted octanol–water partition coefficient (Wildman–Crippen LogP) is -2.19. The van der Waals surface area contributed by atoms with Gasteiger partial charge in [-0.2, -0.15) is 0 Å². The average Bonchev–Trinajstić information content (AvgIpc) is 2.24. The van der Waals surface area contributed by atoms with Crippen LogP contribution >= 0.6 is 0 Å². The Hall–Kier alpha value is -1.31. The van der Waals surface area contributed by atoms with E-state index in [0.717, 1.165) is 0 Å². The molecule has 1 aromatic heterocycles. The first-order chi connectivity index (χ1) is 7.89. The fourth-order valence-corrected chi connectivity index (χ4v) is 2.95. The standard InChI is InChI=1S/C9H12BN3O3S/c1-12-6-7(10)11-8(9(12)14)13-2-4-17(15,16)5-3-13/h6H,2-5H2,1H3. The van der Waals surface area contributed by atoms with Crippen LogP contribution in [0.25, 0.3) is 0 Å². The van der Waals surface area contributed by atoms with Gasteiger partial charge >= 0.3 is 0 Å². The van der Waals surface area contributed by atoms with Crippen molar-refractivity contribution >= 4 is 29.1 Å². The second-order valence-corrected chi connectivity index (χ2v) is 6.35. The minimum Gasteiger partial charge on any atom is -0.350 e. The summed E-state index contributed by atoms with van der Waals surface area (Å²) in [7, 11) is 4.19. The van der Waals surface area contributed by atoms with Gasteiger partial charge in [0.05, 0.1) is 11.5 Å². The Balaban J connectivity index is 2.33. The van der Waals surface area contributed by atoms with Crippen LogP contribution < -0.4 is 16.1 Å². The lowest BCUT2D eigenvalue weighted by Crippen LogP contribution is -2.45. The van der Waals surface area contributed by atoms with Gasteiger partial charge < -0.3 is 9.47 Å². The van der Waals surface area contributed by atoms with Crippen molar-refractivity contribution < 1.29 is 8.42 Å². The molecule has 0 N–H and O–H groups in total. The van der Waals surface area contributed by atoms with Crippen molar-refractivity contribution in [2.75, 3.05) is 29.5 Å². The van der Waals surface area contributed by atoms with E-state index in [2.05, 4.69) is 4.98 Å². The smallest absolute Gasteiger partial charge is 0.293 e. The molecule has 6 nitrogen and oxygen atoms in total. The van der Waals surface area contributed by atoms with Crippen molar-refractivity contribution in [2.24, 2.45) is 7.05 Å². The van der Waals surface area contributed by atoms with E-state index < -0.39 is 9.84 Å². The molecule has 90 valence electrons. The monoisotopic (exact) mass is 253 g/mol. The Kier molecular flexibility index (Phi) is 2.99. The number of hydrogen-bond donors (Lipinski definition) is 0. The Bertz CT molecular complexity index is 582. The first-order valence-corrected chi connectivity index (χ1v) is 7.00. The summed E-state index contributed by atoms with van der Waals surface area (Å²) in [6.45, 7) is 0.571. The molecular formula is C9H12BN3O3S. The van der Waals surface area contributed by atoms with E-state index in [4.69, 9.17) is 7.85 Å². The molecule has 1 aliphatic rings. The Morgan fingerprint density at radius 1 is 1.35 bits per heavy atom. The maximum absolute atomic E-state index is 11.8. The lowest BCUT2D eigenvalue weighted by atomic mass is 10.1. The summed E-state index contributed by atoms with van der Waals surface area (Å²) in [5, 5.41) is 0. The molecule has 0 bridgehead atoms. The first-order valence-electron chi connectivity index (χ1n) is 5.17. The third kappa shape index (κ3) is 2.51. The molecule has 17 heavy (non-hydrogen) atoms. The Labute approximate surface area is 101 Å². The molecule has 0 unspecified atom stereocenters. The SMILES string of the molecule is [B]c1cn(C)c(=O)c(N2CCS(=O)(=O)CC2)n1. The summed E-state index contributed by atoms with van der Waals surface area (Å²) in [5.74, 6) is 0.321. The van der Waals surface area contributed by atoms with Gasteiger partial charge in [0, 0.05) is 31.9 Å². The van der Waals surface area contributed by atoms with Crippen molar-refractivity contribution in [3.05, 3.63) is 16.6 Å². The molecule has 0 aromatic carbocycles. The van der Waals surface area contributed by atoms with Crippen LogP contribution in [-0.4, -0.2) is 50.4 Å². The summed E-state index contributed by atoms with van der Waals surface area (Å²) >= 11 is 0. The second kappa shape index (κ2) is 4.17. The van der Waals surface area contributed by atoms with Gasteiger partial charge in [0.1, 0.15) is 7.85 Å². The molecule has 1 aliphatic heterocycles. The summed E-state index contributed by atoms with van der Waals surface area (Å²) in [6.07, 6.45) is 1.44. The zero-order chi connectivity index (χ0) is 12.6. The summed E-state index contributed by atoms with van der Waals surface area (Å²) in [5.41, 5.74) is -0.0194. The fraction of sp³-hybridized carbons (Fsp3) is 0.556. The van der Waals surface area contributed by atoms with Crippen molar-refractivity contribution in [1.82, 2.24) is 9.55 Å². The predicted molar refractivity (Wildman–Crippen MR) is 65.7 cm³/mol. The second-order valence-electron chi connectivity index (χ2n) is 4.04. The van der Waals surface area contributed by atoms with Crippen LogP contribution in [-0.2, 0) is 16.9 Å². The molecule has 1 aromatic rings. The third-order valence-electron chi connectivity index (χ3n) is 2.72. The summed E-state index contributed by atoms with van der Waals surface area (Å²) < 4.78 is 23.9. The zero-order valence-electron chi connectivity index (χ0n) is 9.46. The highest BCUT2D eigenvalue weighted by Crippen LogP contribution is 2.09. The van der Waals surface area contributed by atoms with Crippen LogP contribution in [0.1, 0.15) is 0 Å².